The van der Waals surface area contributed by atoms with E-state index in [1.165, 1.54) is 0 Å². The molecule has 0 amide bonds. The van der Waals surface area contributed by atoms with E-state index in [9.17, 15) is 5.11 Å². The molecule has 3 nitrogen and oxygen atoms in total. The van der Waals surface area contributed by atoms with Crippen LogP contribution in [-0.4, -0.2) is 37.5 Å². The summed E-state index contributed by atoms with van der Waals surface area (Å²) >= 11 is 0. The topological polar surface area (TPSA) is 41.5 Å². The molecule has 2 atom stereocenters. The lowest BCUT2D eigenvalue weighted by molar-refractivity contribution is 0.0129. The third-order valence-electron chi connectivity index (χ3n) is 2.67. The van der Waals surface area contributed by atoms with Crippen LogP contribution in [-0.2, 0) is 4.74 Å². The normalized spacial score (nSPS) is 18.2. The van der Waals surface area contributed by atoms with Gasteiger partial charge in [0.1, 0.15) is 0 Å². The Kier molecular flexibility index (Phi) is 6.33. The van der Waals surface area contributed by atoms with Crippen LogP contribution in [0.5, 0.6) is 0 Å². The van der Waals surface area contributed by atoms with Gasteiger partial charge in [0.25, 0.3) is 0 Å². The zero-order valence-electron chi connectivity index (χ0n) is 10.1. The summed E-state index contributed by atoms with van der Waals surface area (Å²) in [5.74, 6) is 0.760. The highest BCUT2D eigenvalue weighted by atomic mass is 16.5. The van der Waals surface area contributed by atoms with Crippen molar-refractivity contribution in [1.82, 2.24) is 5.32 Å². The molecular weight excluding hydrogens is 178 g/mol. The molecule has 0 aliphatic carbocycles. The van der Waals surface area contributed by atoms with Gasteiger partial charge in [-0.3, -0.25) is 0 Å². The van der Waals surface area contributed by atoms with Gasteiger partial charge in [-0.25, -0.2) is 0 Å². The number of aliphatic hydroxyl groups is 1. The van der Waals surface area contributed by atoms with Crippen LogP contribution in [0.4, 0.5) is 0 Å². The van der Waals surface area contributed by atoms with Crippen LogP contribution in [0.1, 0.15) is 27.7 Å². The van der Waals surface area contributed by atoms with Gasteiger partial charge in [-0.2, -0.15) is 0 Å². The van der Waals surface area contributed by atoms with E-state index >= 15 is 0 Å². The first kappa shape index (κ1) is 13.9. The van der Waals surface area contributed by atoms with Crippen LogP contribution in [0.25, 0.3) is 0 Å². The zero-order chi connectivity index (χ0) is 11.2. The maximum Gasteiger partial charge on any atom is 0.0766 e. The average Bonchev–Trinajstić information content (AvgIpc) is 2.04. The minimum absolute atomic E-state index is 0.271. The maximum absolute atomic E-state index is 9.94. The molecule has 0 aromatic rings. The van der Waals surface area contributed by atoms with E-state index in [0.29, 0.717) is 12.5 Å². The Balaban J connectivity index is 3.62. The Labute approximate surface area is 87.8 Å². The summed E-state index contributed by atoms with van der Waals surface area (Å²) in [6.45, 7) is 10.3. The third-order valence-corrected chi connectivity index (χ3v) is 2.67. The largest absolute Gasteiger partial charge is 0.389 e. The summed E-state index contributed by atoms with van der Waals surface area (Å²) < 4.78 is 5.03. The minimum Gasteiger partial charge on any atom is -0.389 e. The predicted octanol–water partition coefficient (Wildman–Crippen LogP) is 1.27. The van der Waals surface area contributed by atoms with Crippen molar-refractivity contribution in [1.29, 1.82) is 0 Å². The molecule has 0 aromatic carbocycles. The Morgan fingerprint density at radius 3 is 2.36 bits per heavy atom. The Hall–Kier alpha value is -0.120. The third kappa shape index (κ3) is 5.58. The van der Waals surface area contributed by atoms with E-state index in [4.69, 9.17) is 4.74 Å². The quantitative estimate of drug-likeness (QED) is 0.654. The average molecular weight is 203 g/mol. The van der Waals surface area contributed by atoms with Gasteiger partial charge in [-0.1, -0.05) is 20.8 Å². The number of nitrogens with one attached hydrogen (secondary N) is 1. The van der Waals surface area contributed by atoms with Crippen LogP contribution in [0.3, 0.4) is 0 Å². The van der Waals surface area contributed by atoms with Crippen molar-refractivity contribution < 1.29 is 9.84 Å². The molecule has 0 aliphatic heterocycles. The van der Waals surface area contributed by atoms with Gasteiger partial charge in [0.2, 0.25) is 0 Å². The van der Waals surface area contributed by atoms with E-state index in [-0.39, 0.29) is 5.92 Å². The Morgan fingerprint density at radius 1 is 1.36 bits per heavy atom. The molecule has 0 fully saturated rings. The summed E-state index contributed by atoms with van der Waals surface area (Å²) in [7, 11) is 1.71. The fourth-order valence-electron chi connectivity index (χ4n) is 1.12. The fourth-order valence-corrected chi connectivity index (χ4v) is 1.12. The van der Waals surface area contributed by atoms with Crippen LogP contribution in [0, 0.1) is 11.8 Å². The first-order valence-electron chi connectivity index (χ1n) is 5.32. The first-order chi connectivity index (χ1) is 6.40. The van der Waals surface area contributed by atoms with Crippen molar-refractivity contribution in [2.75, 3.05) is 26.8 Å². The van der Waals surface area contributed by atoms with Crippen molar-refractivity contribution in [2.45, 2.75) is 33.3 Å². The van der Waals surface area contributed by atoms with Gasteiger partial charge < -0.3 is 15.2 Å². The van der Waals surface area contributed by atoms with Crippen molar-refractivity contribution in [3.8, 4) is 0 Å². The summed E-state index contributed by atoms with van der Waals surface area (Å²) in [6.07, 6.45) is 0. The molecule has 0 spiro atoms. The molecule has 0 bridgehead atoms. The maximum atomic E-state index is 9.94. The highest BCUT2D eigenvalue weighted by molar-refractivity contribution is 4.79. The summed E-state index contributed by atoms with van der Waals surface area (Å²) in [6, 6.07) is 0. The lowest BCUT2D eigenvalue weighted by Crippen LogP contribution is -2.43. The molecule has 0 aliphatic rings. The lowest BCUT2D eigenvalue weighted by atomic mass is 9.92. The van der Waals surface area contributed by atoms with E-state index in [0.717, 1.165) is 13.2 Å². The van der Waals surface area contributed by atoms with Crippen LogP contribution < -0.4 is 5.32 Å². The molecule has 0 rings (SSSR count). The number of hydrogen-bond donors (Lipinski definition) is 2. The summed E-state index contributed by atoms with van der Waals surface area (Å²) in [4.78, 5) is 0. The number of rotatable bonds is 7. The van der Waals surface area contributed by atoms with E-state index < -0.39 is 5.60 Å². The highest BCUT2D eigenvalue weighted by Crippen LogP contribution is 2.14. The molecule has 2 unspecified atom stereocenters. The van der Waals surface area contributed by atoms with Crippen LogP contribution in [0.2, 0.25) is 0 Å². The number of methoxy groups -OCH3 is 1. The first-order valence-corrected chi connectivity index (χ1v) is 5.32. The molecule has 14 heavy (non-hydrogen) atoms. The second-order valence-electron chi connectivity index (χ2n) is 4.70. The van der Waals surface area contributed by atoms with Gasteiger partial charge in [0.05, 0.1) is 5.60 Å². The van der Waals surface area contributed by atoms with Gasteiger partial charge in [-0.05, 0) is 18.8 Å². The lowest BCUT2D eigenvalue weighted by Gasteiger charge is -2.28. The second-order valence-corrected chi connectivity index (χ2v) is 4.70. The van der Waals surface area contributed by atoms with Crippen molar-refractivity contribution in [3.05, 3.63) is 0 Å². The van der Waals surface area contributed by atoms with Crippen molar-refractivity contribution in [3.63, 3.8) is 0 Å². The smallest absolute Gasteiger partial charge is 0.0766 e. The van der Waals surface area contributed by atoms with Crippen LogP contribution in [0.15, 0.2) is 0 Å². The van der Waals surface area contributed by atoms with E-state index in [1.807, 2.05) is 20.8 Å². The van der Waals surface area contributed by atoms with Gasteiger partial charge in [-0.15, -0.1) is 0 Å². The van der Waals surface area contributed by atoms with Gasteiger partial charge in [0, 0.05) is 26.8 Å². The summed E-state index contributed by atoms with van der Waals surface area (Å²) in [5, 5.41) is 13.2. The molecule has 86 valence electrons. The van der Waals surface area contributed by atoms with Crippen molar-refractivity contribution >= 4 is 0 Å². The molecule has 0 saturated carbocycles. The molecular formula is C11H25NO2. The SMILES string of the molecule is COCC(C)CNCC(C)(O)C(C)C. The standard InChI is InChI=1S/C11H25NO2/c1-9(2)11(4,13)8-12-6-10(3)7-14-5/h9-10,12-13H,6-8H2,1-5H3. The highest BCUT2D eigenvalue weighted by Gasteiger charge is 2.24. The molecule has 0 saturated heterocycles. The Morgan fingerprint density at radius 2 is 1.93 bits per heavy atom. The van der Waals surface area contributed by atoms with Gasteiger partial charge >= 0.3 is 0 Å². The van der Waals surface area contributed by atoms with Crippen molar-refractivity contribution in [2.24, 2.45) is 11.8 Å². The monoisotopic (exact) mass is 203 g/mol. The second kappa shape index (κ2) is 6.38. The number of hydrogen-bond acceptors (Lipinski definition) is 3. The molecule has 0 aromatic heterocycles. The molecule has 3 heteroatoms. The number of ether oxygens (including phenoxy) is 1. The summed E-state index contributed by atoms with van der Waals surface area (Å²) in [5.41, 5.74) is -0.618. The predicted molar refractivity (Wildman–Crippen MR) is 59.4 cm³/mol. The van der Waals surface area contributed by atoms with Crippen LogP contribution >= 0.6 is 0 Å². The molecule has 2 N–H and O–H groups in total. The minimum atomic E-state index is -0.618. The Bertz CT molecular complexity index is 146. The van der Waals surface area contributed by atoms with Gasteiger partial charge in [0.15, 0.2) is 0 Å². The van der Waals surface area contributed by atoms with E-state index in [2.05, 4.69) is 12.2 Å². The molecule has 0 heterocycles. The molecule has 0 radical (unpaired) electrons. The fraction of sp³-hybridized carbons (Fsp3) is 1.00. The van der Waals surface area contributed by atoms with E-state index in [1.54, 1.807) is 7.11 Å². The zero-order valence-corrected chi connectivity index (χ0v) is 10.1.